The molecule has 0 aromatic heterocycles. The number of halogens is 3. The third kappa shape index (κ3) is 4.31. The van der Waals surface area contributed by atoms with Gasteiger partial charge >= 0.3 is 12.1 Å². The van der Waals surface area contributed by atoms with Crippen molar-refractivity contribution in [1.29, 1.82) is 0 Å². The van der Waals surface area contributed by atoms with E-state index >= 15 is 0 Å². The van der Waals surface area contributed by atoms with Crippen LogP contribution in [0.15, 0.2) is 30.1 Å². The minimum absolute atomic E-state index is 0. The van der Waals surface area contributed by atoms with E-state index in [4.69, 9.17) is 9.47 Å². The van der Waals surface area contributed by atoms with Crippen molar-refractivity contribution < 1.29 is 27.8 Å². The van der Waals surface area contributed by atoms with Crippen LogP contribution in [0, 0.1) is 0 Å². The molecule has 1 aromatic rings. The van der Waals surface area contributed by atoms with E-state index in [1.807, 2.05) is 0 Å². The van der Waals surface area contributed by atoms with E-state index in [2.05, 4.69) is 5.32 Å². The van der Waals surface area contributed by atoms with E-state index in [0.29, 0.717) is 11.3 Å². The van der Waals surface area contributed by atoms with E-state index in [-0.39, 0.29) is 44.2 Å². The van der Waals surface area contributed by atoms with Gasteiger partial charge in [0.25, 0.3) is 0 Å². The maximum atomic E-state index is 14.0. The van der Waals surface area contributed by atoms with Gasteiger partial charge in [0.05, 0.1) is 6.54 Å². The van der Waals surface area contributed by atoms with Crippen LogP contribution in [0.25, 0.3) is 5.57 Å². The molecule has 26 heavy (non-hydrogen) atoms. The summed E-state index contributed by atoms with van der Waals surface area (Å²) in [6.07, 6.45) is -2.51. The Morgan fingerprint density at radius 2 is 2.08 bits per heavy atom. The van der Waals surface area contributed by atoms with Crippen LogP contribution in [0.4, 0.5) is 19.3 Å². The van der Waals surface area contributed by atoms with Crippen molar-refractivity contribution in [3.05, 3.63) is 35.7 Å². The van der Waals surface area contributed by atoms with Crippen LogP contribution >= 0.6 is 12.4 Å². The maximum absolute atomic E-state index is 14.0. The average Bonchev–Trinajstić information content (AvgIpc) is 2.94. The highest BCUT2D eigenvalue weighted by molar-refractivity contribution is 5.90. The maximum Gasteiger partial charge on any atom is 0.414 e. The normalized spacial score (nSPS) is 22.7. The molecule has 6 nitrogen and oxygen atoms in total. The van der Waals surface area contributed by atoms with Crippen molar-refractivity contribution in [1.82, 2.24) is 5.32 Å². The van der Waals surface area contributed by atoms with Crippen LogP contribution in [0.5, 0.6) is 0 Å². The first-order valence-corrected chi connectivity index (χ1v) is 7.91. The van der Waals surface area contributed by atoms with Crippen molar-refractivity contribution in [3.63, 3.8) is 0 Å². The fraction of sp³-hybridized carbons (Fsp3) is 0.412. The molecule has 1 unspecified atom stereocenters. The number of carbonyl (C=O) groups excluding carboxylic acids is 2. The van der Waals surface area contributed by atoms with Crippen LogP contribution < -0.4 is 10.2 Å². The van der Waals surface area contributed by atoms with Crippen LogP contribution in [0.2, 0.25) is 0 Å². The summed E-state index contributed by atoms with van der Waals surface area (Å²) < 4.78 is 37.8. The number of nitrogens with zero attached hydrogens (tertiary/aromatic N) is 1. The second-order valence-electron chi connectivity index (χ2n) is 5.88. The molecule has 1 fully saturated rings. The first-order valence-electron chi connectivity index (χ1n) is 7.91. The lowest BCUT2D eigenvalue weighted by atomic mass is 9.97. The number of ether oxygens (including phenoxy) is 2. The number of esters is 1. The first kappa shape index (κ1) is 20.1. The number of alkyl halides is 1. The highest BCUT2D eigenvalue weighted by atomic mass is 35.5. The van der Waals surface area contributed by atoms with Gasteiger partial charge in [-0.3, -0.25) is 9.69 Å². The fourth-order valence-corrected chi connectivity index (χ4v) is 2.86. The van der Waals surface area contributed by atoms with Crippen molar-refractivity contribution in [2.75, 3.05) is 31.1 Å². The van der Waals surface area contributed by atoms with E-state index in [9.17, 15) is 18.4 Å². The Kier molecular flexibility index (Phi) is 6.55. The summed E-state index contributed by atoms with van der Waals surface area (Å²) in [6, 6.07) is 6.38. The molecule has 0 aliphatic carbocycles. The number of hydrogen-bond acceptors (Lipinski definition) is 5. The zero-order valence-corrected chi connectivity index (χ0v) is 14.9. The smallest absolute Gasteiger partial charge is 0.414 e. The number of benzene rings is 1. The number of cyclic esters (lactones) is 1. The third-order valence-corrected chi connectivity index (χ3v) is 4.05. The molecule has 1 aromatic carbocycles. The fourth-order valence-electron chi connectivity index (χ4n) is 2.86. The summed E-state index contributed by atoms with van der Waals surface area (Å²) in [5.74, 6) is -0.967. The quantitative estimate of drug-likeness (QED) is 0.803. The van der Waals surface area contributed by atoms with Crippen molar-refractivity contribution >= 4 is 35.7 Å². The van der Waals surface area contributed by atoms with Crippen molar-refractivity contribution in [2.24, 2.45) is 0 Å². The molecule has 3 rings (SSSR count). The molecule has 0 bridgehead atoms. The summed E-state index contributed by atoms with van der Waals surface area (Å²) in [5, 5.41) is 2.66. The molecule has 2 atom stereocenters. The Bertz CT molecular complexity index is 711. The molecule has 2 heterocycles. The number of nitrogens with one attached hydrogen (secondary N) is 1. The van der Waals surface area contributed by atoms with Gasteiger partial charge in [0.2, 0.25) is 0 Å². The minimum Gasteiger partial charge on any atom is -0.462 e. The second kappa shape index (κ2) is 8.46. The Hall–Kier alpha value is -2.19. The van der Waals surface area contributed by atoms with Crippen LogP contribution in [0.3, 0.4) is 0 Å². The molecule has 0 radical (unpaired) electrons. The first-order chi connectivity index (χ1) is 12.0. The molecular weight excluding hydrogens is 370 g/mol. The number of anilines is 1. The second-order valence-corrected chi connectivity index (χ2v) is 5.88. The molecule has 142 valence electrons. The Balaban J connectivity index is 0.00000243. The van der Waals surface area contributed by atoms with Gasteiger partial charge in [-0.15, -0.1) is 12.4 Å². The largest absolute Gasteiger partial charge is 0.462 e. The van der Waals surface area contributed by atoms with Crippen molar-refractivity contribution in [3.8, 4) is 0 Å². The monoisotopic (exact) mass is 388 g/mol. The summed E-state index contributed by atoms with van der Waals surface area (Å²) in [5.41, 5.74) is 1.03. The van der Waals surface area contributed by atoms with E-state index in [1.54, 1.807) is 24.3 Å². The Morgan fingerprint density at radius 1 is 1.38 bits per heavy atom. The third-order valence-electron chi connectivity index (χ3n) is 4.05. The van der Waals surface area contributed by atoms with Gasteiger partial charge in [-0.05, 0) is 17.7 Å². The molecule has 2 aliphatic heterocycles. The van der Waals surface area contributed by atoms with Gasteiger partial charge in [0.1, 0.15) is 18.6 Å². The van der Waals surface area contributed by atoms with Gasteiger partial charge in [-0.1, -0.05) is 12.1 Å². The molecule has 9 heteroatoms. The SMILES string of the molecule is CC(=O)OC[C@H]1CN(c2ccc(C3=C(F)CNCC3F)cc2)C(=O)O1.Cl. The number of rotatable bonds is 4. The minimum atomic E-state index is -1.41. The average molecular weight is 389 g/mol. The van der Waals surface area contributed by atoms with E-state index in [0.717, 1.165) is 0 Å². The highest BCUT2D eigenvalue weighted by Gasteiger charge is 2.33. The van der Waals surface area contributed by atoms with Gasteiger partial charge < -0.3 is 14.8 Å². The van der Waals surface area contributed by atoms with E-state index in [1.165, 1.54) is 11.8 Å². The standard InChI is InChI=1S/C17H18F2N2O4.ClH/c1-10(22)24-9-13-8-21(17(23)25-13)12-4-2-11(3-5-12)16-14(18)6-20-7-15(16)19;/h2-5,13-14,20H,6-9H2,1H3;1H/t13-,14?;/m1./s1. The molecule has 1 amide bonds. The molecule has 1 N–H and O–H groups in total. The number of hydrogen-bond donors (Lipinski definition) is 1. The van der Waals surface area contributed by atoms with Gasteiger partial charge in [0.15, 0.2) is 6.10 Å². The van der Waals surface area contributed by atoms with Crippen LogP contribution in [-0.4, -0.2) is 50.6 Å². The predicted octanol–water partition coefficient (Wildman–Crippen LogP) is 2.62. The number of carbonyl (C=O) groups is 2. The van der Waals surface area contributed by atoms with Gasteiger partial charge in [0, 0.05) is 31.3 Å². The zero-order chi connectivity index (χ0) is 18.0. The van der Waals surface area contributed by atoms with Gasteiger partial charge in [-0.25, -0.2) is 13.6 Å². The summed E-state index contributed by atoms with van der Waals surface area (Å²) in [4.78, 5) is 24.2. The Morgan fingerprint density at radius 3 is 2.69 bits per heavy atom. The Labute approximate surface area is 155 Å². The zero-order valence-electron chi connectivity index (χ0n) is 14.0. The molecular formula is C17H19ClF2N2O4. The summed E-state index contributed by atoms with van der Waals surface area (Å²) in [6.45, 7) is 1.58. The van der Waals surface area contributed by atoms with E-state index < -0.39 is 30.2 Å². The lowest BCUT2D eigenvalue weighted by Gasteiger charge is -2.21. The van der Waals surface area contributed by atoms with Crippen LogP contribution in [-0.2, 0) is 14.3 Å². The topological polar surface area (TPSA) is 67.9 Å². The van der Waals surface area contributed by atoms with Crippen LogP contribution in [0.1, 0.15) is 12.5 Å². The molecule has 1 saturated heterocycles. The molecule has 0 saturated carbocycles. The molecule has 0 spiro atoms. The number of amides is 1. The summed E-state index contributed by atoms with van der Waals surface area (Å²) in [7, 11) is 0. The summed E-state index contributed by atoms with van der Waals surface area (Å²) >= 11 is 0. The predicted molar refractivity (Wildman–Crippen MR) is 93.7 cm³/mol. The molecule has 2 aliphatic rings. The van der Waals surface area contributed by atoms with Crippen molar-refractivity contribution in [2.45, 2.75) is 19.2 Å². The highest BCUT2D eigenvalue weighted by Crippen LogP contribution is 2.30. The van der Waals surface area contributed by atoms with Gasteiger partial charge in [-0.2, -0.15) is 0 Å². The lowest BCUT2D eigenvalue weighted by Crippen LogP contribution is -2.32. The lowest BCUT2D eigenvalue weighted by molar-refractivity contribution is -0.143.